The van der Waals surface area contributed by atoms with Crippen molar-refractivity contribution < 1.29 is 23.8 Å². The number of ether oxygens (including phenoxy) is 3. The minimum atomic E-state index is -0.901. The molecule has 0 aliphatic heterocycles. The van der Waals surface area contributed by atoms with Crippen LogP contribution >= 0.6 is 27.5 Å². The second kappa shape index (κ2) is 9.66. The molecule has 122 valence electrons. The molecule has 0 bridgehead atoms. The van der Waals surface area contributed by atoms with E-state index in [2.05, 4.69) is 21.2 Å². The molecule has 0 radical (unpaired) electrons. The fourth-order valence-electron chi connectivity index (χ4n) is 1.43. The van der Waals surface area contributed by atoms with Crippen LogP contribution in [0.3, 0.4) is 0 Å². The average molecular weight is 395 g/mol. The Morgan fingerprint density at radius 2 is 2.14 bits per heavy atom. The van der Waals surface area contributed by atoms with Gasteiger partial charge < -0.3 is 19.5 Å². The molecular weight excluding hydrogens is 378 g/mol. The van der Waals surface area contributed by atoms with Gasteiger partial charge in [-0.25, -0.2) is 4.79 Å². The normalized spacial score (nSPS) is 11.6. The highest BCUT2D eigenvalue weighted by atomic mass is 79.9. The number of methoxy groups -OCH3 is 1. The zero-order valence-electron chi connectivity index (χ0n) is 12.2. The van der Waals surface area contributed by atoms with Crippen LogP contribution in [0.25, 0.3) is 0 Å². The molecule has 0 aliphatic rings. The van der Waals surface area contributed by atoms with Crippen LogP contribution in [0.4, 0.5) is 0 Å². The summed E-state index contributed by atoms with van der Waals surface area (Å²) < 4.78 is 15.7. The number of esters is 1. The van der Waals surface area contributed by atoms with Crippen LogP contribution in [0.1, 0.15) is 6.92 Å². The zero-order chi connectivity index (χ0) is 16.5. The van der Waals surface area contributed by atoms with Crippen molar-refractivity contribution in [2.45, 2.75) is 13.0 Å². The molecular formula is C14H17BrClNO5. The van der Waals surface area contributed by atoms with Crippen molar-refractivity contribution in [2.75, 3.05) is 26.9 Å². The molecule has 0 saturated heterocycles. The Balaban J connectivity index is 2.37. The van der Waals surface area contributed by atoms with Crippen molar-refractivity contribution in [1.29, 1.82) is 0 Å². The first-order valence-electron chi connectivity index (χ1n) is 6.48. The van der Waals surface area contributed by atoms with Gasteiger partial charge in [0.05, 0.1) is 11.1 Å². The van der Waals surface area contributed by atoms with Crippen molar-refractivity contribution in [3.05, 3.63) is 27.7 Å². The van der Waals surface area contributed by atoms with Gasteiger partial charge >= 0.3 is 5.97 Å². The standard InChI is InChI=1S/C14H17BrClNO5/c1-9(14(19)17-5-6-20-2)22-13(18)8-21-12-4-3-10(16)7-11(12)15/h3-4,7,9H,5-6,8H2,1-2H3,(H,17,19)/t9-/m1/s1. The van der Waals surface area contributed by atoms with Gasteiger partial charge in [-0.2, -0.15) is 0 Å². The van der Waals surface area contributed by atoms with E-state index in [4.69, 9.17) is 25.8 Å². The van der Waals surface area contributed by atoms with Gasteiger partial charge in [-0.3, -0.25) is 4.79 Å². The van der Waals surface area contributed by atoms with Crippen molar-refractivity contribution in [2.24, 2.45) is 0 Å². The lowest BCUT2D eigenvalue weighted by molar-refractivity contribution is -0.156. The summed E-state index contributed by atoms with van der Waals surface area (Å²) in [5.41, 5.74) is 0. The summed E-state index contributed by atoms with van der Waals surface area (Å²) in [4.78, 5) is 23.3. The second-order valence-electron chi connectivity index (χ2n) is 4.28. The molecule has 0 aliphatic carbocycles. The highest BCUT2D eigenvalue weighted by molar-refractivity contribution is 9.10. The molecule has 1 aromatic carbocycles. The molecule has 8 heteroatoms. The minimum absolute atomic E-state index is 0.310. The zero-order valence-corrected chi connectivity index (χ0v) is 14.6. The van der Waals surface area contributed by atoms with Crippen molar-refractivity contribution in [3.8, 4) is 5.75 Å². The van der Waals surface area contributed by atoms with Gasteiger partial charge in [-0.05, 0) is 41.1 Å². The molecule has 0 spiro atoms. The van der Waals surface area contributed by atoms with Crippen molar-refractivity contribution in [1.82, 2.24) is 5.32 Å². The predicted molar refractivity (Wildman–Crippen MR) is 85.1 cm³/mol. The van der Waals surface area contributed by atoms with Crippen molar-refractivity contribution in [3.63, 3.8) is 0 Å². The summed E-state index contributed by atoms with van der Waals surface area (Å²) in [7, 11) is 1.53. The van der Waals surface area contributed by atoms with Crippen LogP contribution in [-0.2, 0) is 19.1 Å². The van der Waals surface area contributed by atoms with E-state index in [1.54, 1.807) is 18.2 Å². The van der Waals surface area contributed by atoms with Crippen LogP contribution in [0.2, 0.25) is 5.02 Å². The summed E-state index contributed by atoms with van der Waals surface area (Å²) in [6.07, 6.45) is -0.901. The summed E-state index contributed by atoms with van der Waals surface area (Å²) in [6, 6.07) is 4.91. The predicted octanol–water partition coefficient (Wildman–Crippen LogP) is 2.18. The number of rotatable bonds is 8. The Kier molecular flexibility index (Phi) is 8.22. The first kappa shape index (κ1) is 18.7. The number of hydrogen-bond donors (Lipinski definition) is 1. The largest absolute Gasteiger partial charge is 0.481 e. The highest BCUT2D eigenvalue weighted by Crippen LogP contribution is 2.27. The fourth-order valence-corrected chi connectivity index (χ4v) is 2.23. The SMILES string of the molecule is COCCNC(=O)[C@@H](C)OC(=O)COc1ccc(Cl)cc1Br. The molecule has 1 aromatic rings. The summed E-state index contributed by atoms with van der Waals surface area (Å²) in [6.45, 7) is 1.92. The van der Waals surface area contributed by atoms with E-state index in [0.29, 0.717) is 28.4 Å². The summed E-state index contributed by atoms with van der Waals surface area (Å²) >= 11 is 9.07. The van der Waals surface area contributed by atoms with Gasteiger partial charge in [0.15, 0.2) is 12.7 Å². The molecule has 0 heterocycles. The van der Waals surface area contributed by atoms with E-state index in [-0.39, 0.29) is 6.61 Å². The Labute approximate surface area is 142 Å². The number of nitrogens with one attached hydrogen (secondary N) is 1. The van der Waals surface area contributed by atoms with Crippen LogP contribution in [0.5, 0.6) is 5.75 Å². The lowest BCUT2D eigenvalue weighted by atomic mass is 10.3. The van der Waals surface area contributed by atoms with E-state index >= 15 is 0 Å². The Morgan fingerprint density at radius 3 is 2.77 bits per heavy atom. The Hall–Kier alpha value is -1.31. The molecule has 0 unspecified atom stereocenters. The van der Waals surface area contributed by atoms with Crippen molar-refractivity contribution >= 4 is 39.4 Å². The highest BCUT2D eigenvalue weighted by Gasteiger charge is 2.17. The molecule has 1 rings (SSSR count). The maximum atomic E-state index is 11.6. The van der Waals surface area contributed by atoms with Gasteiger partial charge in [0.1, 0.15) is 5.75 Å². The average Bonchev–Trinajstić information content (AvgIpc) is 2.46. The monoisotopic (exact) mass is 393 g/mol. The third-order valence-corrected chi connectivity index (χ3v) is 3.38. The fraction of sp³-hybridized carbons (Fsp3) is 0.429. The third-order valence-electron chi connectivity index (χ3n) is 2.52. The van der Waals surface area contributed by atoms with E-state index in [1.807, 2.05) is 0 Å². The van der Waals surface area contributed by atoms with Gasteiger partial charge in [-0.1, -0.05) is 11.6 Å². The van der Waals surface area contributed by atoms with Gasteiger partial charge in [-0.15, -0.1) is 0 Å². The first-order chi connectivity index (χ1) is 10.4. The summed E-state index contributed by atoms with van der Waals surface area (Å²) in [5, 5.41) is 3.12. The molecule has 1 atom stereocenters. The molecule has 0 fully saturated rings. The minimum Gasteiger partial charge on any atom is -0.481 e. The van der Waals surface area contributed by atoms with E-state index in [0.717, 1.165) is 0 Å². The maximum absolute atomic E-state index is 11.6. The van der Waals surface area contributed by atoms with E-state index in [1.165, 1.54) is 14.0 Å². The van der Waals surface area contributed by atoms with Gasteiger partial charge in [0.2, 0.25) is 0 Å². The number of carbonyl (C=O) groups is 2. The third kappa shape index (κ3) is 6.64. The topological polar surface area (TPSA) is 73.9 Å². The molecule has 0 saturated carbocycles. The smallest absolute Gasteiger partial charge is 0.344 e. The van der Waals surface area contributed by atoms with E-state index in [9.17, 15) is 9.59 Å². The molecule has 1 amide bonds. The Morgan fingerprint density at radius 1 is 1.41 bits per heavy atom. The van der Waals surface area contributed by atoms with Crippen LogP contribution in [-0.4, -0.2) is 44.8 Å². The second-order valence-corrected chi connectivity index (χ2v) is 5.57. The molecule has 22 heavy (non-hydrogen) atoms. The maximum Gasteiger partial charge on any atom is 0.344 e. The number of halogens is 2. The molecule has 6 nitrogen and oxygen atoms in total. The van der Waals surface area contributed by atoms with E-state index < -0.39 is 18.0 Å². The number of amides is 1. The molecule has 0 aromatic heterocycles. The Bertz CT molecular complexity index is 526. The van der Waals surface area contributed by atoms with Gasteiger partial charge in [0.25, 0.3) is 5.91 Å². The van der Waals surface area contributed by atoms with Crippen LogP contribution < -0.4 is 10.1 Å². The quantitative estimate of drug-likeness (QED) is 0.540. The number of hydrogen-bond acceptors (Lipinski definition) is 5. The number of benzene rings is 1. The van der Waals surface area contributed by atoms with Crippen LogP contribution in [0, 0.1) is 0 Å². The first-order valence-corrected chi connectivity index (χ1v) is 7.65. The number of carbonyl (C=O) groups excluding carboxylic acids is 2. The molecule has 1 N–H and O–H groups in total. The van der Waals surface area contributed by atoms with Gasteiger partial charge in [0, 0.05) is 18.7 Å². The summed E-state index contributed by atoms with van der Waals surface area (Å²) in [5.74, 6) is -0.576. The lowest BCUT2D eigenvalue weighted by Gasteiger charge is -2.14. The lowest BCUT2D eigenvalue weighted by Crippen LogP contribution is -2.38. The van der Waals surface area contributed by atoms with Crippen LogP contribution in [0.15, 0.2) is 22.7 Å².